The summed E-state index contributed by atoms with van der Waals surface area (Å²) in [5.74, 6) is 0.833. The Kier molecular flexibility index (Phi) is 5.03. The van der Waals surface area contributed by atoms with Gasteiger partial charge in [-0.1, -0.05) is 49.2 Å². The first-order valence-corrected chi connectivity index (χ1v) is 10.9. The number of rotatable bonds is 4. The predicted octanol–water partition coefficient (Wildman–Crippen LogP) is 6.28. The quantitative estimate of drug-likeness (QED) is 0.555. The second kappa shape index (κ2) is 7.81. The van der Waals surface area contributed by atoms with Gasteiger partial charge in [0, 0.05) is 53.2 Å². The van der Waals surface area contributed by atoms with Crippen molar-refractivity contribution >= 4 is 17.2 Å². The van der Waals surface area contributed by atoms with E-state index in [1.165, 1.54) is 36.1 Å². The summed E-state index contributed by atoms with van der Waals surface area (Å²) in [6.45, 7) is 4.71. The summed E-state index contributed by atoms with van der Waals surface area (Å²) in [4.78, 5) is 10.9. The zero-order valence-corrected chi connectivity index (χ0v) is 17.5. The van der Waals surface area contributed by atoms with Crippen molar-refractivity contribution in [3.8, 4) is 22.5 Å². The summed E-state index contributed by atoms with van der Waals surface area (Å²) in [5.41, 5.74) is 7.07. The molecule has 1 N–H and O–H groups in total. The van der Waals surface area contributed by atoms with Crippen molar-refractivity contribution in [2.45, 2.75) is 32.2 Å². The molecular weight excluding hydrogens is 378 g/mol. The minimum Gasteiger partial charge on any atom is -0.360 e. The first-order chi connectivity index (χ1) is 14.2. The Bertz CT molecular complexity index is 1040. The summed E-state index contributed by atoms with van der Waals surface area (Å²) in [6, 6.07) is 14.7. The van der Waals surface area contributed by atoms with Crippen LogP contribution in [0.25, 0.3) is 28.1 Å². The van der Waals surface area contributed by atoms with Crippen LogP contribution in [-0.4, -0.2) is 34.0 Å². The predicted molar refractivity (Wildman–Crippen MR) is 121 cm³/mol. The lowest BCUT2D eigenvalue weighted by Crippen LogP contribution is -2.32. The Morgan fingerprint density at radius 3 is 2.93 bits per heavy atom. The zero-order chi connectivity index (χ0) is 19.8. The monoisotopic (exact) mass is 403 g/mol. The maximum Gasteiger partial charge on any atom is 0.0729 e. The second-order valence-corrected chi connectivity index (χ2v) is 8.63. The number of nitrogens with zero attached hydrogens (tertiary/aromatic N) is 2. The lowest BCUT2D eigenvalue weighted by atomic mass is 9.91. The number of fused-ring (bicyclic) bond motifs is 1. The van der Waals surface area contributed by atoms with Gasteiger partial charge in [0.25, 0.3) is 0 Å². The average Bonchev–Trinajstić information content (AvgIpc) is 3.38. The molecule has 0 aliphatic carbocycles. The molecule has 0 spiro atoms. The Morgan fingerprint density at radius 2 is 2.14 bits per heavy atom. The first kappa shape index (κ1) is 18.7. The van der Waals surface area contributed by atoms with Gasteiger partial charge in [-0.15, -0.1) is 0 Å². The third kappa shape index (κ3) is 3.54. The lowest BCUT2D eigenvalue weighted by molar-refractivity contribution is 0.281. The molecule has 148 valence electrons. The van der Waals surface area contributed by atoms with Crippen LogP contribution in [0.4, 0.5) is 0 Å². The number of benzene rings is 1. The van der Waals surface area contributed by atoms with Gasteiger partial charge in [-0.3, -0.25) is 9.88 Å². The number of nitrogens with one attached hydrogen (secondary N) is 1. The maximum atomic E-state index is 6.29. The van der Waals surface area contributed by atoms with Crippen molar-refractivity contribution in [1.29, 1.82) is 0 Å². The fraction of sp³-hybridized carbons (Fsp3) is 0.320. The van der Waals surface area contributed by atoms with Crippen LogP contribution >= 0.6 is 11.6 Å². The third-order valence-corrected chi connectivity index (χ3v) is 6.67. The smallest absolute Gasteiger partial charge is 0.0729 e. The standard InChI is InChI=1S/C25H26ClN3/c1-2-17-12-21-14-18(9-11-29(21)16-17)22-15-28-25(19-6-5-7-20(26)13-19)24(22)23-8-3-4-10-27-23/h3-8,10,13-15,17,21,28H,2,9,11-12,16H2,1H3. The van der Waals surface area contributed by atoms with Gasteiger partial charge in [0.15, 0.2) is 0 Å². The molecule has 0 radical (unpaired) electrons. The van der Waals surface area contributed by atoms with E-state index in [0.717, 1.165) is 40.9 Å². The number of aromatic nitrogens is 2. The van der Waals surface area contributed by atoms with Gasteiger partial charge in [-0.05, 0) is 48.6 Å². The highest BCUT2D eigenvalue weighted by Crippen LogP contribution is 2.41. The average molecular weight is 404 g/mol. The highest BCUT2D eigenvalue weighted by Gasteiger charge is 2.33. The number of hydrogen-bond acceptors (Lipinski definition) is 2. The van der Waals surface area contributed by atoms with Crippen LogP contribution in [0.15, 0.2) is 60.9 Å². The van der Waals surface area contributed by atoms with E-state index >= 15 is 0 Å². The molecule has 1 saturated heterocycles. The first-order valence-electron chi connectivity index (χ1n) is 10.6. The molecule has 5 rings (SSSR count). The summed E-state index contributed by atoms with van der Waals surface area (Å²) in [5, 5.41) is 0.745. The van der Waals surface area contributed by atoms with Gasteiger partial charge in [0.1, 0.15) is 0 Å². The van der Waals surface area contributed by atoms with E-state index in [1.54, 1.807) is 0 Å². The van der Waals surface area contributed by atoms with E-state index in [2.05, 4.69) is 52.3 Å². The summed E-state index contributed by atoms with van der Waals surface area (Å²) >= 11 is 6.29. The van der Waals surface area contributed by atoms with Crippen LogP contribution < -0.4 is 0 Å². The molecule has 1 aromatic carbocycles. The molecule has 2 aliphatic rings. The lowest BCUT2D eigenvalue weighted by Gasteiger charge is -2.28. The van der Waals surface area contributed by atoms with Crippen molar-refractivity contribution in [2.75, 3.05) is 13.1 Å². The van der Waals surface area contributed by atoms with E-state index < -0.39 is 0 Å². The van der Waals surface area contributed by atoms with Gasteiger partial charge >= 0.3 is 0 Å². The largest absolute Gasteiger partial charge is 0.360 e. The van der Waals surface area contributed by atoms with Crippen molar-refractivity contribution in [2.24, 2.45) is 5.92 Å². The Balaban J connectivity index is 1.61. The van der Waals surface area contributed by atoms with Gasteiger partial charge in [-0.25, -0.2) is 0 Å². The van der Waals surface area contributed by atoms with Gasteiger partial charge in [-0.2, -0.15) is 0 Å². The Hall–Kier alpha value is -2.36. The zero-order valence-electron chi connectivity index (χ0n) is 16.7. The Labute approximate surface area is 177 Å². The molecule has 1 fully saturated rings. The fourth-order valence-electron chi connectivity index (χ4n) is 4.89. The number of H-pyrrole nitrogens is 1. The number of hydrogen-bond donors (Lipinski definition) is 1. The second-order valence-electron chi connectivity index (χ2n) is 8.19. The fourth-order valence-corrected chi connectivity index (χ4v) is 5.08. The molecule has 2 aromatic heterocycles. The highest BCUT2D eigenvalue weighted by molar-refractivity contribution is 6.30. The van der Waals surface area contributed by atoms with Gasteiger partial charge in [0.2, 0.25) is 0 Å². The van der Waals surface area contributed by atoms with Crippen LogP contribution in [-0.2, 0) is 0 Å². The number of halogens is 1. The summed E-state index contributed by atoms with van der Waals surface area (Å²) < 4.78 is 0. The molecule has 0 bridgehead atoms. The highest BCUT2D eigenvalue weighted by atomic mass is 35.5. The molecule has 4 heterocycles. The molecule has 29 heavy (non-hydrogen) atoms. The van der Waals surface area contributed by atoms with E-state index in [-0.39, 0.29) is 0 Å². The van der Waals surface area contributed by atoms with Crippen LogP contribution in [0.5, 0.6) is 0 Å². The molecule has 3 nitrogen and oxygen atoms in total. The van der Waals surface area contributed by atoms with Crippen molar-refractivity contribution < 1.29 is 0 Å². The number of pyridine rings is 1. The molecule has 3 aromatic rings. The third-order valence-electron chi connectivity index (χ3n) is 6.44. The molecule has 2 atom stereocenters. The van der Waals surface area contributed by atoms with E-state index in [0.29, 0.717) is 6.04 Å². The van der Waals surface area contributed by atoms with Crippen molar-refractivity contribution in [3.05, 3.63) is 71.5 Å². The van der Waals surface area contributed by atoms with E-state index in [4.69, 9.17) is 11.6 Å². The minimum atomic E-state index is 0.574. The molecule has 2 aliphatic heterocycles. The van der Waals surface area contributed by atoms with E-state index in [1.807, 2.05) is 30.5 Å². The van der Waals surface area contributed by atoms with Crippen LogP contribution in [0.3, 0.4) is 0 Å². The SMILES string of the molecule is CCC1CC2C=C(c3c[nH]c(-c4cccc(Cl)c4)c3-c3ccccn3)CCN2C1. The van der Waals surface area contributed by atoms with Gasteiger partial charge in [0.05, 0.1) is 11.4 Å². The maximum absolute atomic E-state index is 6.29. The molecule has 2 unspecified atom stereocenters. The van der Waals surface area contributed by atoms with Crippen molar-refractivity contribution in [3.63, 3.8) is 0 Å². The van der Waals surface area contributed by atoms with E-state index in [9.17, 15) is 0 Å². The molecule has 4 heteroatoms. The summed E-state index contributed by atoms with van der Waals surface area (Å²) in [6.07, 6.45) is 10.2. The normalized spacial score (nSPS) is 21.8. The van der Waals surface area contributed by atoms with Crippen LogP contribution in [0, 0.1) is 5.92 Å². The number of aromatic amines is 1. The molecule has 0 saturated carbocycles. The van der Waals surface area contributed by atoms with Crippen LogP contribution in [0.1, 0.15) is 31.7 Å². The molecule has 0 amide bonds. The molecular formula is C25H26ClN3. The Morgan fingerprint density at radius 1 is 1.21 bits per heavy atom. The van der Waals surface area contributed by atoms with Crippen LogP contribution in [0.2, 0.25) is 5.02 Å². The topological polar surface area (TPSA) is 31.9 Å². The van der Waals surface area contributed by atoms with Gasteiger partial charge < -0.3 is 4.98 Å². The van der Waals surface area contributed by atoms with Crippen molar-refractivity contribution in [1.82, 2.24) is 14.9 Å². The minimum absolute atomic E-state index is 0.574. The summed E-state index contributed by atoms with van der Waals surface area (Å²) in [7, 11) is 0.